The number of nitrogens with one attached hydrogen (secondary N) is 3. The molecule has 2 aliphatic rings. The zero-order chi connectivity index (χ0) is 35.1. The van der Waals surface area contributed by atoms with Crippen LogP contribution in [0.5, 0.6) is 5.75 Å². The predicted molar refractivity (Wildman–Crippen MR) is 177 cm³/mol. The largest absolute Gasteiger partial charge is 0.460 e. The van der Waals surface area contributed by atoms with Crippen molar-refractivity contribution in [3.63, 3.8) is 0 Å². The summed E-state index contributed by atoms with van der Waals surface area (Å²) in [4.78, 5) is 76.9. The molecule has 4 amide bonds. The van der Waals surface area contributed by atoms with Gasteiger partial charge in [0, 0.05) is 25.5 Å². The summed E-state index contributed by atoms with van der Waals surface area (Å²) < 4.78 is 11.2. The van der Waals surface area contributed by atoms with E-state index in [1.807, 2.05) is 20.8 Å². The third-order valence-electron chi connectivity index (χ3n) is 8.46. The Bertz CT molecular complexity index is 1430. The number of likely N-dealkylation sites (tertiary alicyclic amines) is 1. The Labute approximate surface area is 281 Å². The molecular formula is C35H48N6O7. The zero-order valence-corrected chi connectivity index (χ0v) is 28.7. The molecular weight excluding hydrogens is 616 g/mol. The quantitative estimate of drug-likeness (QED) is 0.339. The third-order valence-corrected chi connectivity index (χ3v) is 8.46. The van der Waals surface area contributed by atoms with Crippen LogP contribution in [-0.2, 0) is 19.1 Å². The van der Waals surface area contributed by atoms with Gasteiger partial charge in [-0.25, -0.2) is 9.78 Å². The second kappa shape index (κ2) is 15.6. The van der Waals surface area contributed by atoms with E-state index in [4.69, 9.17) is 9.47 Å². The van der Waals surface area contributed by atoms with Crippen molar-refractivity contribution in [2.24, 2.45) is 17.3 Å². The van der Waals surface area contributed by atoms with Crippen molar-refractivity contribution in [2.45, 2.75) is 97.4 Å². The molecule has 1 aliphatic heterocycles. The van der Waals surface area contributed by atoms with Crippen LogP contribution in [0.1, 0.15) is 84.1 Å². The lowest BCUT2D eigenvalue weighted by Crippen LogP contribution is -2.61. The molecule has 13 heteroatoms. The molecule has 1 saturated carbocycles. The number of aromatic nitrogens is 2. The van der Waals surface area contributed by atoms with Gasteiger partial charge in [0.1, 0.15) is 29.1 Å². The highest BCUT2D eigenvalue weighted by molar-refractivity contribution is 5.97. The minimum absolute atomic E-state index is 0.00894. The van der Waals surface area contributed by atoms with Gasteiger partial charge in [-0.2, -0.15) is 0 Å². The number of hydrogen-bond donors (Lipinski definition) is 3. The third kappa shape index (κ3) is 9.98. The maximum absolute atomic E-state index is 14.0. The summed E-state index contributed by atoms with van der Waals surface area (Å²) in [5, 5.41) is 8.69. The van der Waals surface area contributed by atoms with Crippen LogP contribution in [0.4, 0.5) is 4.79 Å². The molecule has 0 bridgehead atoms. The van der Waals surface area contributed by atoms with E-state index in [1.54, 1.807) is 51.1 Å². The fraction of sp³-hybridized carbons (Fsp3) is 0.571. The molecule has 1 aromatic heterocycles. The van der Waals surface area contributed by atoms with Crippen LogP contribution in [0, 0.1) is 17.3 Å². The average molecular weight is 665 g/mol. The summed E-state index contributed by atoms with van der Waals surface area (Å²) in [6.45, 7) is 10.6. The normalized spacial score (nSPS) is 19.8. The molecule has 260 valence electrons. The Hall–Kier alpha value is -4.55. The van der Waals surface area contributed by atoms with Crippen molar-refractivity contribution in [1.29, 1.82) is 0 Å². The molecule has 2 heterocycles. The Balaban J connectivity index is 1.53. The Morgan fingerprint density at radius 3 is 2.17 bits per heavy atom. The molecule has 1 saturated heterocycles. The highest BCUT2D eigenvalue weighted by Crippen LogP contribution is 2.29. The average Bonchev–Trinajstić information content (AvgIpc) is 3.46. The van der Waals surface area contributed by atoms with Crippen molar-refractivity contribution >= 4 is 29.8 Å². The lowest BCUT2D eigenvalue weighted by Gasteiger charge is -2.35. The van der Waals surface area contributed by atoms with Gasteiger partial charge in [0.15, 0.2) is 0 Å². The molecule has 4 atom stereocenters. The molecule has 4 rings (SSSR count). The van der Waals surface area contributed by atoms with Crippen molar-refractivity contribution < 1.29 is 33.4 Å². The van der Waals surface area contributed by atoms with Crippen LogP contribution >= 0.6 is 0 Å². The van der Waals surface area contributed by atoms with Crippen LogP contribution in [0.2, 0.25) is 0 Å². The summed E-state index contributed by atoms with van der Waals surface area (Å²) in [6, 6.07) is 5.79. The van der Waals surface area contributed by atoms with Gasteiger partial charge in [0.05, 0.1) is 18.2 Å². The van der Waals surface area contributed by atoms with E-state index in [-0.39, 0.29) is 24.7 Å². The first-order chi connectivity index (χ1) is 22.6. The fourth-order valence-corrected chi connectivity index (χ4v) is 6.04. The second-order valence-electron chi connectivity index (χ2n) is 14.6. The van der Waals surface area contributed by atoms with Gasteiger partial charge in [-0.05, 0) is 57.1 Å². The first-order valence-electron chi connectivity index (χ1n) is 16.5. The molecule has 48 heavy (non-hydrogen) atoms. The Morgan fingerprint density at radius 2 is 1.56 bits per heavy atom. The van der Waals surface area contributed by atoms with E-state index in [2.05, 4.69) is 25.9 Å². The number of carbonyl (C=O) groups is 5. The molecule has 2 fully saturated rings. The van der Waals surface area contributed by atoms with E-state index in [0.717, 1.165) is 32.1 Å². The van der Waals surface area contributed by atoms with Gasteiger partial charge in [-0.3, -0.25) is 24.2 Å². The van der Waals surface area contributed by atoms with Crippen molar-refractivity contribution in [3.8, 4) is 5.75 Å². The van der Waals surface area contributed by atoms with Gasteiger partial charge in [-0.1, -0.05) is 58.2 Å². The van der Waals surface area contributed by atoms with Gasteiger partial charge >= 0.3 is 12.1 Å². The summed E-state index contributed by atoms with van der Waals surface area (Å²) in [5.41, 5.74) is -1.48. The number of ether oxygens (including phenoxy) is 2. The number of nitrogens with zero attached hydrogens (tertiary/aromatic N) is 3. The van der Waals surface area contributed by atoms with E-state index < -0.39 is 64.8 Å². The van der Waals surface area contributed by atoms with Crippen LogP contribution in [0.25, 0.3) is 0 Å². The Kier molecular flexibility index (Phi) is 11.8. The van der Waals surface area contributed by atoms with Crippen molar-refractivity contribution in [3.05, 3.63) is 54.6 Å². The van der Waals surface area contributed by atoms with E-state index in [9.17, 15) is 24.0 Å². The number of benzene rings is 1. The molecule has 1 aliphatic carbocycles. The minimum atomic E-state index is -1.05. The van der Waals surface area contributed by atoms with Gasteiger partial charge in [0.25, 0.3) is 5.91 Å². The first kappa shape index (κ1) is 36.3. The number of carbonyl (C=O) groups excluding carboxylic acids is 5. The van der Waals surface area contributed by atoms with Crippen LogP contribution in [-0.4, -0.2) is 81.5 Å². The van der Waals surface area contributed by atoms with E-state index in [1.165, 1.54) is 23.5 Å². The zero-order valence-electron chi connectivity index (χ0n) is 28.7. The van der Waals surface area contributed by atoms with Gasteiger partial charge in [-0.15, -0.1) is 0 Å². The van der Waals surface area contributed by atoms with E-state index in [0.29, 0.717) is 5.75 Å². The molecule has 3 N–H and O–H groups in total. The SMILES string of the molecule is CC(C)(C)OC(=O)[C@@H]1CN(C(=O)Oc2ccccc2)C[C@@H]1NC(=O)[C@@H](NC(=O)[C@@H](NC(=O)c1cnccn1)C1CCCCC1)C(C)(C)C. The highest BCUT2D eigenvalue weighted by Gasteiger charge is 2.45. The van der Waals surface area contributed by atoms with Crippen LogP contribution < -0.4 is 20.7 Å². The monoisotopic (exact) mass is 664 g/mol. The lowest BCUT2D eigenvalue weighted by molar-refractivity contribution is -0.160. The number of rotatable bonds is 9. The summed E-state index contributed by atoms with van der Waals surface area (Å²) in [5.74, 6) is -2.78. The standard InChI is InChI=1S/C35H48N6O7/c1-34(2,3)28(40-30(43)27(22-13-9-7-10-14-22)39-29(42)25-19-36-17-18-37-25)31(44)38-26-21-41(20-24(26)32(45)48-35(4,5)6)33(46)47-23-15-11-8-12-16-23/h8,11-12,15-19,22,24,26-28H,7,9-10,13-14,20-21H2,1-6H3,(H,38,44)(H,39,42)(H,40,43)/t24-,26+,27+,28-/m1/s1. The molecule has 2 aromatic rings. The van der Waals surface area contributed by atoms with Crippen LogP contribution in [0.3, 0.4) is 0 Å². The minimum Gasteiger partial charge on any atom is -0.460 e. The van der Waals surface area contributed by atoms with Crippen molar-refractivity contribution in [1.82, 2.24) is 30.8 Å². The second-order valence-corrected chi connectivity index (χ2v) is 14.6. The lowest BCUT2D eigenvalue weighted by atomic mass is 9.82. The predicted octanol–water partition coefficient (Wildman–Crippen LogP) is 3.64. The number of para-hydroxylation sites is 1. The molecule has 1 aromatic carbocycles. The summed E-state index contributed by atoms with van der Waals surface area (Å²) in [7, 11) is 0. The molecule has 13 nitrogen and oxygen atoms in total. The highest BCUT2D eigenvalue weighted by atomic mass is 16.6. The van der Waals surface area contributed by atoms with Gasteiger partial charge in [0.2, 0.25) is 11.8 Å². The Morgan fingerprint density at radius 1 is 0.875 bits per heavy atom. The topological polar surface area (TPSA) is 169 Å². The molecule has 0 spiro atoms. The fourth-order valence-electron chi connectivity index (χ4n) is 6.04. The molecule has 0 radical (unpaired) electrons. The smallest absolute Gasteiger partial charge is 0.415 e. The summed E-state index contributed by atoms with van der Waals surface area (Å²) >= 11 is 0. The number of amides is 4. The van der Waals surface area contributed by atoms with Crippen LogP contribution in [0.15, 0.2) is 48.9 Å². The maximum atomic E-state index is 14.0. The van der Waals surface area contributed by atoms with Gasteiger partial charge < -0.3 is 30.3 Å². The van der Waals surface area contributed by atoms with E-state index >= 15 is 0 Å². The maximum Gasteiger partial charge on any atom is 0.415 e. The summed E-state index contributed by atoms with van der Waals surface area (Å²) in [6.07, 6.45) is 7.93. The first-order valence-corrected chi connectivity index (χ1v) is 16.5. The number of hydrogen-bond acceptors (Lipinski definition) is 9. The number of esters is 1. The molecule has 0 unspecified atom stereocenters. The van der Waals surface area contributed by atoms with Crippen molar-refractivity contribution in [2.75, 3.05) is 13.1 Å².